The minimum absolute atomic E-state index is 0.115. The van der Waals surface area contributed by atoms with E-state index in [1.54, 1.807) is 0 Å². The molecule has 1 aliphatic carbocycles. The van der Waals surface area contributed by atoms with Gasteiger partial charge in [-0.1, -0.05) is 46.0 Å². The van der Waals surface area contributed by atoms with Gasteiger partial charge >= 0.3 is 0 Å². The van der Waals surface area contributed by atoms with Crippen molar-refractivity contribution in [2.45, 2.75) is 71.6 Å². The van der Waals surface area contributed by atoms with Crippen molar-refractivity contribution in [1.82, 2.24) is 0 Å². The van der Waals surface area contributed by atoms with E-state index in [9.17, 15) is 4.79 Å². The summed E-state index contributed by atoms with van der Waals surface area (Å²) in [5.74, 6) is 0.521. The Balaban J connectivity index is 1.91. The van der Waals surface area contributed by atoms with E-state index in [0.717, 1.165) is 25.7 Å². The Hall–Kier alpha value is -0.330. The van der Waals surface area contributed by atoms with Crippen molar-refractivity contribution in [3.05, 3.63) is 0 Å². The maximum absolute atomic E-state index is 11.6. The van der Waals surface area contributed by atoms with E-state index < -0.39 is 0 Å². The number of ketones is 1. The molecular formula is C13H24O. The second kappa shape index (κ2) is 5.53. The smallest absolute Gasteiger partial charge is 0.138 e. The van der Waals surface area contributed by atoms with Crippen LogP contribution in [0.25, 0.3) is 0 Å². The highest BCUT2D eigenvalue weighted by Gasteiger charge is 2.43. The number of hydrogen-bond acceptors (Lipinski definition) is 1. The first kappa shape index (κ1) is 11.7. The molecule has 0 amide bonds. The second-order valence-electron chi connectivity index (χ2n) is 5.00. The third kappa shape index (κ3) is 3.81. The van der Waals surface area contributed by atoms with E-state index in [0.29, 0.717) is 5.78 Å². The largest absolute Gasteiger partial charge is 0.299 e. The standard InChI is InChI=1S/C13H24O/c1-3-4-5-6-7-8-9-12(14)13(2)10-11-13/h3-11H2,1-2H3. The van der Waals surface area contributed by atoms with Crippen molar-refractivity contribution in [1.29, 1.82) is 0 Å². The van der Waals surface area contributed by atoms with Crippen LogP contribution in [0.2, 0.25) is 0 Å². The van der Waals surface area contributed by atoms with Gasteiger partial charge in [0.2, 0.25) is 0 Å². The fourth-order valence-electron chi connectivity index (χ4n) is 1.83. The molecule has 0 heterocycles. The highest BCUT2D eigenvalue weighted by Crippen LogP contribution is 2.46. The molecule has 0 bridgehead atoms. The lowest BCUT2D eigenvalue weighted by Crippen LogP contribution is -2.10. The number of carbonyl (C=O) groups excluding carboxylic acids is 1. The van der Waals surface area contributed by atoms with Crippen LogP contribution in [-0.4, -0.2) is 5.78 Å². The summed E-state index contributed by atoms with van der Waals surface area (Å²) in [5.41, 5.74) is 0.115. The quantitative estimate of drug-likeness (QED) is 0.534. The third-order valence-electron chi connectivity index (χ3n) is 3.43. The fraction of sp³-hybridized carbons (Fsp3) is 0.923. The molecule has 0 aromatic carbocycles. The Morgan fingerprint density at radius 1 is 1.07 bits per heavy atom. The molecule has 0 atom stereocenters. The van der Waals surface area contributed by atoms with Gasteiger partial charge in [0.05, 0.1) is 0 Å². The van der Waals surface area contributed by atoms with Crippen molar-refractivity contribution >= 4 is 5.78 Å². The molecule has 1 saturated carbocycles. The topological polar surface area (TPSA) is 17.1 Å². The summed E-state index contributed by atoms with van der Waals surface area (Å²) in [6, 6.07) is 0. The van der Waals surface area contributed by atoms with Crippen LogP contribution in [0.3, 0.4) is 0 Å². The van der Waals surface area contributed by atoms with E-state index >= 15 is 0 Å². The van der Waals surface area contributed by atoms with Crippen molar-refractivity contribution in [3.63, 3.8) is 0 Å². The number of rotatable bonds is 8. The molecule has 1 aliphatic rings. The number of carbonyl (C=O) groups is 1. The van der Waals surface area contributed by atoms with E-state index in [1.165, 1.54) is 32.1 Å². The summed E-state index contributed by atoms with van der Waals surface area (Å²) >= 11 is 0. The molecule has 1 rings (SSSR count). The summed E-state index contributed by atoms with van der Waals surface area (Å²) < 4.78 is 0. The van der Waals surface area contributed by atoms with E-state index in [1.807, 2.05) is 0 Å². The Morgan fingerprint density at radius 2 is 1.64 bits per heavy atom. The molecule has 0 aliphatic heterocycles. The lowest BCUT2D eigenvalue weighted by Gasteiger charge is -2.06. The molecule has 1 heteroatoms. The molecule has 0 aromatic rings. The van der Waals surface area contributed by atoms with Crippen LogP contribution in [0.15, 0.2) is 0 Å². The lowest BCUT2D eigenvalue weighted by atomic mass is 9.98. The summed E-state index contributed by atoms with van der Waals surface area (Å²) in [5, 5.41) is 0. The van der Waals surface area contributed by atoms with Crippen LogP contribution in [0.1, 0.15) is 71.6 Å². The van der Waals surface area contributed by atoms with Crippen LogP contribution in [0.5, 0.6) is 0 Å². The molecule has 0 saturated heterocycles. The fourth-order valence-corrected chi connectivity index (χ4v) is 1.83. The number of unbranched alkanes of at least 4 members (excludes halogenated alkanes) is 5. The average molecular weight is 196 g/mol. The Morgan fingerprint density at radius 3 is 2.21 bits per heavy atom. The zero-order valence-corrected chi connectivity index (χ0v) is 9.77. The van der Waals surface area contributed by atoms with Gasteiger partial charge in [0, 0.05) is 11.8 Å². The molecule has 1 fully saturated rings. The van der Waals surface area contributed by atoms with E-state index in [4.69, 9.17) is 0 Å². The van der Waals surface area contributed by atoms with Crippen molar-refractivity contribution in [3.8, 4) is 0 Å². The number of Topliss-reactive ketones (excluding diaryl/α,β-unsaturated/α-hetero) is 1. The third-order valence-corrected chi connectivity index (χ3v) is 3.43. The van der Waals surface area contributed by atoms with E-state index in [2.05, 4.69) is 13.8 Å². The van der Waals surface area contributed by atoms with Gasteiger partial charge in [-0.3, -0.25) is 4.79 Å². The van der Waals surface area contributed by atoms with Gasteiger partial charge in [-0.05, 0) is 19.3 Å². The SMILES string of the molecule is CCCCCCCCC(=O)C1(C)CC1. The zero-order chi connectivity index (χ0) is 10.4. The van der Waals surface area contributed by atoms with Crippen LogP contribution in [0, 0.1) is 5.41 Å². The summed E-state index contributed by atoms with van der Waals surface area (Å²) in [6.07, 6.45) is 10.8. The molecule has 0 radical (unpaired) electrons. The van der Waals surface area contributed by atoms with Gasteiger partial charge in [0.25, 0.3) is 0 Å². The van der Waals surface area contributed by atoms with Gasteiger partial charge < -0.3 is 0 Å². The predicted octanol–water partition coefficient (Wildman–Crippen LogP) is 4.11. The normalized spacial score (nSPS) is 18.1. The number of hydrogen-bond donors (Lipinski definition) is 0. The molecule has 14 heavy (non-hydrogen) atoms. The molecule has 1 nitrogen and oxygen atoms in total. The summed E-state index contributed by atoms with van der Waals surface area (Å²) in [7, 11) is 0. The molecule has 0 spiro atoms. The molecule has 82 valence electrons. The summed E-state index contributed by atoms with van der Waals surface area (Å²) in [4.78, 5) is 11.6. The molecule has 0 unspecified atom stereocenters. The minimum atomic E-state index is 0.115. The van der Waals surface area contributed by atoms with Crippen LogP contribution >= 0.6 is 0 Å². The van der Waals surface area contributed by atoms with Crippen molar-refractivity contribution in [2.75, 3.05) is 0 Å². The highest BCUT2D eigenvalue weighted by molar-refractivity contribution is 5.86. The maximum atomic E-state index is 11.6. The monoisotopic (exact) mass is 196 g/mol. The van der Waals surface area contributed by atoms with Crippen LogP contribution in [0.4, 0.5) is 0 Å². The summed E-state index contributed by atoms with van der Waals surface area (Å²) in [6.45, 7) is 4.35. The van der Waals surface area contributed by atoms with Crippen molar-refractivity contribution in [2.24, 2.45) is 5.41 Å². The first-order valence-corrected chi connectivity index (χ1v) is 6.22. The van der Waals surface area contributed by atoms with Gasteiger partial charge in [-0.15, -0.1) is 0 Å². The zero-order valence-electron chi connectivity index (χ0n) is 9.77. The van der Waals surface area contributed by atoms with Gasteiger partial charge in [0.15, 0.2) is 0 Å². The Bertz CT molecular complexity index is 180. The first-order valence-electron chi connectivity index (χ1n) is 6.22. The minimum Gasteiger partial charge on any atom is -0.299 e. The van der Waals surface area contributed by atoms with Crippen molar-refractivity contribution < 1.29 is 4.79 Å². The van der Waals surface area contributed by atoms with Crippen LogP contribution in [-0.2, 0) is 4.79 Å². The maximum Gasteiger partial charge on any atom is 0.138 e. The molecule has 0 N–H and O–H groups in total. The predicted molar refractivity (Wildman–Crippen MR) is 60.3 cm³/mol. The second-order valence-corrected chi connectivity index (χ2v) is 5.00. The highest BCUT2D eigenvalue weighted by atomic mass is 16.1. The van der Waals surface area contributed by atoms with Crippen LogP contribution < -0.4 is 0 Å². The lowest BCUT2D eigenvalue weighted by molar-refractivity contribution is -0.123. The first-order chi connectivity index (χ1) is 6.69. The molecule has 0 aromatic heterocycles. The molecular weight excluding hydrogens is 172 g/mol. The van der Waals surface area contributed by atoms with Gasteiger partial charge in [0.1, 0.15) is 5.78 Å². The van der Waals surface area contributed by atoms with Gasteiger partial charge in [-0.2, -0.15) is 0 Å². The average Bonchev–Trinajstić information content (AvgIpc) is 2.91. The van der Waals surface area contributed by atoms with E-state index in [-0.39, 0.29) is 5.41 Å². The Labute approximate surface area is 88.3 Å². The Kier molecular flexibility index (Phi) is 4.64. The van der Waals surface area contributed by atoms with Gasteiger partial charge in [-0.25, -0.2) is 0 Å².